The van der Waals surface area contributed by atoms with Crippen LogP contribution in [0.3, 0.4) is 0 Å². The van der Waals surface area contributed by atoms with Gasteiger partial charge in [0.1, 0.15) is 5.82 Å². The van der Waals surface area contributed by atoms with Crippen LogP contribution in [0.25, 0.3) is 10.9 Å². The highest BCUT2D eigenvalue weighted by molar-refractivity contribution is 5.81. The molecule has 1 aromatic carbocycles. The van der Waals surface area contributed by atoms with E-state index in [1.165, 1.54) is 10.9 Å². The molecule has 0 saturated heterocycles. The number of nitrogens with zero attached hydrogens (tertiary/aromatic N) is 1. The van der Waals surface area contributed by atoms with Gasteiger partial charge in [0.15, 0.2) is 0 Å². The van der Waals surface area contributed by atoms with Crippen LogP contribution in [0.1, 0.15) is 25.3 Å². The van der Waals surface area contributed by atoms with Crippen LogP contribution in [0.2, 0.25) is 0 Å². The van der Waals surface area contributed by atoms with E-state index in [2.05, 4.69) is 36.3 Å². The van der Waals surface area contributed by atoms with E-state index in [0.717, 1.165) is 30.7 Å². The fourth-order valence-corrected chi connectivity index (χ4v) is 2.10. The van der Waals surface area contributed by atoms with Crippen molar-refractivity contribution in [1.82, 2.24) is 4.98 Å². The topological polar surface area (TPSA) is 50.9 Å². The molecule has 0 fully saturated rings. The van der Waals surface area contributed by atoms with Gasteiger partial charge in [0, 0.05) is 11.4 Å². The third-order valence-corrected chi connectivity index (χ3v) is 3.14. The lowest BCUT2D eigenvalue weighted by Gasteiger charge is -2.16. The van der Waals surface area contributed by atoms with E-state index in [-0.39, 0.29) is 0 Å². The Bertz CT molecular complexity index is 522. The minimum atomic E-state index is 0.404. The smallest absolute Gasteiger partial charge is 0.129 e. The van der Waals surface area contributed by atoms with E-state index in [4.69, 9.17) is 5.73 Å². The average Bonchev–Trinajstić information content (AvgIpc) is 2.37. The van der Waals surface area contributed by atoms with Gasteiger partial charge in [-0.15, -0.1) is 0 Å². The summed E-state index contributed by atoms with van der Waals surface area (Å²) in [7, 11) is 0. The molecule has 2 aromatic rings. The molecule has 3 N–H and O–H groups in total. The summed E-state index contributed by atoms with van der Waals surface area (Å²) in [6.45, 7) is 5.01. The average molecular weight is 243 g/mol. The molecule has 0 saturated carbocycles. The van der Waals surface area contributed by atoms with Crippen molar-refractivity contribution in [3.05, 3.63) is 35.9 Å². The zero-order valence-corrected chi connectivity index (χ0v) is 11.1. The van der Waals surface area contributed by atoms with Crippen molar-refractivity contribution in [2.24, 2.45) is 5.73 Å². The minimum Gasteiger partial charge on any atom is -0.367 e. The number of aryl methyl sites for hydroxylation is 1. The predicted molar refractivity (Wildman–Crippen MR) is 77.9 cm³/mol. The SMILES string of the molecule is Cc1cc2ccccc2nc1NC(C)CCCN. The molecule has 18 heavy (non-hydrogen) atoms. The number of hydrogen-bond donors (Lipinski definition) is 2. The summed E-state index contributed by atoms with van der Waals surface area (Å²) in [5.74, 6) is 0.984. The maximum atomic E-state index is 5.53. The molecule has 3 heteroatoms. The van der Waals surface area contributed by atoms with Crippen molar-refractivity contribution in [2.45, 2.75) is 32.7 Å². The molecule has 0 aliphatic carbocycles. The Morgan fingerprint density at radius 3 is 2.89 bits per heavy atom. The van der Waals surface area contributed by atoms with Crippen molar-refractivity contribution in [3.63, 3.8) is 0 Å². The molecule has 1 aromatic heterocycles. The van der Waals surface area contributed by atoms with Gasteiger partial charge >= 0.3 is 0 Å². The van der Waals surface area contributed by atoms with E-state index < -0.39 is 0 Å². The van der Waals surface area contributed by atoms with Crippen LogP contribution in [-0.2, 0) is 0 Å². The normalized spacial score (nSPS) is 12.6. The van der Waals surface area contributed by atoms with Crippen molar-refractivity contribution in [3.8, 4) is 0 Å². The molecule has 1 atom stereocenters. The molecule has 3 nitrogen and oxygen atoms in total. The molecule has 0 aliphatic heterocycles. The number of para-hydroxylation sites is 1. The highest BCUT2D eigenvalue weighted by Crippen LogP contribution is 2.20. The van der Waals surface area contributed by atoms with Gasteiger partial charge in [-0.05, 0) is 50.9 Å². The number of benzene rings is 1. The summed E-state index contributed by atoms with van der Waals surface area (Å²) in [6.07, 6.45) is 2.12. The van der Waals surface area contributed by atoms with Gasteiger partial charge < -0.3 is 11.1 Å². The van der Waals surface area contributed by atoms with Gasteiger partial charge in [-0.1, -0.05) is 18.2 Å². The van der Waals surface area contributed by atoms with E-state index in [9.17, 15) is 0 Å². The van der Waals surface area contributed by atoms with Crippen LogP contribution in [-0.4, -0.2) is 17.6 Å². The Morgan fingerprint density at radius 1 is 1.33 bits per heavy atom. The van der Waals surface area contributed by atoms with Crippen molar-refractivity contribution in [2.75, 3.05) is 11.9 Å². The van der Waals surface area contributed by atoms with E-state index in [0.29, 0.717) is 6.04 Å². The van der Waals surface area contributed by atoms with E-state index >= 15 is 0 Å². The Balaban J connectivity index is 2.19. The molecule has 0 radical (unpaired) electrons. The second-order valence-electron chi connectivity index (χ2n) is 4.82. The quantitative estimate of drug-likeness (QED) is 0.848. The number of aromatic nitrogens is 1. The number of fused-ring (bicyclic) bond motifs is 1. The first-order chi connectivity index (χ1) is 8.70. The van der Waals surface area contributed by atoms with Crippen molar-refractivity contribution >= 4 is 16.7 Å². The molecule has 1 unspecified atom stereocenters. The van der Waals surface area contributed by atoms with Gasteiger partial charge in [-0.2, -0.15) is 0 Å². The Morgan fingerprint density at radius 2 is 2.11 bits per heavy atom. The highest BCUT2D eigenvalue weighted by Gasteiger charge is 2.06. The van der Waals surface area contributed by atoms with Crippen molar-refractivity contribution < 1.29 is 0 Å². The lowest BCUT2D eigenvalue weighted by molar-refractivity contribution is 0.660. The van der Waals surface area contributed by atoms with Crippen LogP contribution in [0.15, 0.2) is 30.3 Å². The summed E-state index contributed by atoms with van der Waals surface area (Å²) in [6, 6.07) is 10.8. The third-order valence-electron chi connectivity index (χ3n) is 3.14. The summed E-state index contributed by atoms with van der Waals surface area (Å²) in [5, 5.41) is 4.66. The molecule has 0 bridgehead atoms. The third kappa shape index (κ3) is 2.99. The Labute approximate surface area is 108 Å². The largest absolute Gasteiger partial charge is 0.367 e. The van der Waals surface area contributed by atoms with Gasteiger partial charge in [-0.3, -0.25) is 0 Å². The van der Waals surface area contributed by atoms with E-state index in [1.807, 2.05) is 18.2 Å². The lowest BCUT2D eigenvalue weighted by atomic mass is 10.1. The van der Waals surface area contributed by atoms with Gasteiger partial charge in [-0.25, -0.2) is 4.98 Å². The first-order valence-electron chi connectivity index (χ1n) is 6.53. The maximum absolute atomic E-state index is 5.53. The van der Waals surface area contributed by atoms with E-state index in [1.54, 1.807) is 0 Å². The van der Waals surface area contributed by atoms with Crippen LogP contribution < -0.4 is 11.1 Å². The number of rotatable bonds is 5. The first-order valence-corrected chi connectivity index (χ1v) is 6.53. The number of anilines is 1. The summed E-state index contributed by atoms with van der Waals surface area (Å²) >= 11 is 0. The fraction of sp³-hybridized carbons (Fsp3) is 0.400. The second kappa shape index (κ2) is 5.83. The van der Waals surface area contributed by atoms with Gasteiger partial charge in [0.25, 0.3) is 0 Å². The highest BCUT2D eigenvalue weighted by atomic mass is 15.0. The predicted octanol–water partition coefficient (Wildman–Crippen LogP) is 3.08. The minimum absolute atomic E-state index is 0.404. The molecular weight excluding hydrogens is 222 g/mol. The van der Waals surface area contributed by atoms with Crippen LogP contribution in [0.4, 0.5) is 5.82 Å². The maximum Gasteiger partial charge on any atom is 0.129 e. The Hall–Kier alpha value is -1.61. The number of nitrogens with one attached hydrogen (secondary N) is 1. The van der Waals surface area contributed by atoms with Crippen LogP contribution >= 0.6 is 0 Å². The van der Waals surface area contributed by atoms with Gasteiger partial charge in [0.2, 0.25) is 0 Å². The number of hydrogen-bond acceptors (Lipinski definition) is 3. The van der Waals surface area contributed by atoms with Crippen molar-refractivity contribution in [1.29, 1.82) is 0 Å². The molecule has 0 aliphatic rings. The summed E-state index contributed by atoms with van der Waals surface area (Å²) < 4.78 is 0. The van der Waals surface area contributed by atoms with Gasteiger partial charge in [0.05, 0.1) is 5.52 Å². The molecule has 96 valence electrons. The molecule has 0 spiro atoms. The molecule has 0 amide bonds. The summed E-state index contributed by atoms with van der Waals surface area (Å²) in [5.41, 5.74) is 7.76. The van der Waals surface area contributed by atoms with Crippen LogP contribution in [0, 0.1) is 6.92 Å². The standard InChI is InChI=1S/C15H21N3/c1-11-10-13-7-3-4-8-14(13)18-15(11)17-12(2)6-5-9-16/h3-4,7-8,10,12H,5-6,9,16H2,1-2H3,(H,17,18). The summed E-state index contributed by atoms with van der Waals surface area (Å²) in [4.78, 5) is 4.68. The number of nitrogens with two attached hydrogens (primary N) is 1. The lowest BCUT2D eigenvalue weighted by Crippen LogP contribution is -2.18. The Kier molecular flexibility index (Phi) is 4.15. The zero-order valence-electron chi connectivity index (χ0n) is 11.1. The zero-order chi connectivity index (χ0) is 13.0. The number of pyridine rings is 1. The molecule has 2 rings (SSSR count). The monoisotopic (exact) mass is 243 g/mol. The van der Waals surface area contributed by atoms with Crippen LogP contribution in [0.5, 0.6) is 0 Å². The molecular formula is C15H21N3. The molecule has 1 heterocycles. The first kappa shape index (κ1) is 12.8. The second-order valence-corrected chi connectivity index (χ2v) is 4.82. The fourth-order valence-electron chi connectivity index (χ4n) is 2.10.